The Bertz CT molecular complexity index is 371. The van der Waals surface area contributed by atoms with Gasteiger partial charge in [0.2, 0.25) is 0 Å². The van der Waals surface area contributed by atoms with E-state index in [2.05, 4.69) is 18.8 Å². The van der Waals surface area contributed by atoms with E-state index in [-0.39, 0.29) is 13.2 Å². The molecule has 0 rings (SSSR count). The minimum absolute atomic E-state index is 0.124. The fourth-order valence-electron chi connectivity index (χ4n) is 2.88. The van der Waals surface area contributed by atoms with Gasteiger partial charge in [-0.2, -0.15) is 0 Å². The number of carbonyl (C=O) groups is 2. The standard InChI is InChI=1S/C22H41NO4/c1-3-5-6-7-8-9-10-11-12-13-14-15-16-17-19-27-22(25)23-18-20-26-21(24)4-2/h4H,2-3,5-20H2,1H3,(H,23,25). The number of unbranched alkanes of at least 4 members (excludes halogenated alkanes) is 13. The van der Waals surface area contributed by atoms with Gasteiger partial charge >= 0.3 is 12.1 Å². The topological polar surface area (TPSA) is 64.6 Å². The molecule has 0 atom stereocenters. The van der Waals surface area contributed by atoms with E-state index in [1.807, 2.05) is 0 Å². The van der Waals surface area contributed by atoms with Gasteiger partial charge in [-0.1, -0.05) is 97.0 Å². The fourth-order valence-corrected chi connectivity index (χ4v) is 2.88. The summed E-state index contributed by atoms with van der Waals surface area (Å²) in [4.78, 5) is 22.2. The van der Waals surface area contributed by atoms with Crippen LogP contribution in [-0.4, -0.2) is 31.8 Å². The first-order chi connectivity index (χ1) is 13.2. The fraction of sp³-hybridized carbons (Fsp3) is 0.818. The first-order valence-electron chi connectivity index (χ1n) is 10.9. The molecule has 0 unspecified atom stereocenters. The van der Waals surface area contributed by atoms with Gasteiger partial charge in [0.05, 0.1) is 13.2 Å². The van der Waals surface area contributed by atoms with Crippen molar-refractivity contribution < 1.29 is 19.1 Å². The van der Waals surface area contributed by atoms with Crippen LogP contribution >= 0.6 is 0 Å². The maximum atomic E-state index is 11.4. The molecule has 0 bridgehead atoms. The normalized spacial score (nSPS) is 10.4. The quantitative estimate of drug-likeness (QED) is 0.171. The molecule has 5 nitrogen and oxygen atoms in total. The second-order valence-corrected chi connectivity index (χ2v) is 7.03. The third-order valence-corrected chi connectivity index (χ3v) is 4.51. The highest BCUT2D eigenvalue weighted by Crippen LogP contribution is 2.12. The van der Waals surface area contributed by atoms with Crippen LogP contribution in [0.2, 0.25) is 0 Å². The van der Waals surface area contributed by atoms with Crippen molar-refractivity contribution in [2.45, 2.75) is 96.8 Å². The highest BCUT2D eigenvalue weighted by atomic mass is 16.6. The average Bonchev–Trinajstić information content (AvgIpc) is 2.68. The Morgan fingerprint density at radius 2 is 1.22 bits per heavy atom. The molecule has 1 amide bonds. The predicted molar refractivity (Wildman–Crippen MR) is 111 cm³/mol. The van der Waals surface area contributed by atoms with E-state index in [4.69, 9.17) is 9.47 Å². The summed E-state index contributed by atoms with van der Waals surface area (Å²) >= 11 is 0. The summed E-state index contributed by atoms with van der Waals surface area (Å²) < 4.78 is 9.82. The number of hydrogen-bond donors (Lipinski definition) is 1. The monoisotopic (exact) mass is 383 g/mol. The number of ether oxygens (including phenoxy) is 2. The van der Waals surface area contributed by atoms with Crippen LogP contribution in [0.4, 0.5) is 4.79 Å². The Kier molecular flexibility index (Phi) is 19.6. The Morgan fingerprint density at radius 1 is 0.741 bits per heavy atom. The molecule has 1 N–H and O–H groups in total. The van der Waals surface area contributed by atoms with Crippen molar-refractivity contribution in [2.24, 2.45) is 0 Å². The van der Waals surface area contributed by atoms with Gasteiger partial charge in [0.15, 0.2) is 0 Å². The first kappa shape index (κ1) is 25.5. The van der Waals surface area contributed by atoms with Gasteiger partial charge in [0.1, 0.15) is 6.61 Å². The molecular weight excluding hydrogens is 342 g/mol. The maximum Gasteiger partial charge on any atom is 0.407 e. The molecule has 0 fully saturated rings. The summed E-state index contributed by atoms with van der Waals surface area (Å²) in [5, 5.41) is 2.54. The number of amides is 1. The van der Waals surface area contributed by atoms with Crippen molar-refractivity contribution in [1.29, 1.82) is 0 Å². The van der Waals surface area contributed by atoms with Gasteiger partial charge in [-0.05, 0) is 6.42 Å². The van der Waals surface area contributed by atoms with E-state index in [1.54, 1.807) is 0 Å². The molecule has 0 saturated carbocycles. The summed E-state index contributed by atoms with van der Waals surface area (Å²) in [6.45, 7) is 6.37. The van der Waals surface area contributed by atoms with Gasteiger partial charge in [0.25, 0.3) is 0 Å². The Morgan fingerprint density at radius 3 is 1.70 bits per heavy atom. The van der Waals surface area contributed by atoms with Crippen LogP contribution in [-0.2, 0) is 14.3 Å². The minimum Gasteiger partial charge on any atom is -0.461 e. The number of alkyl carbamates (subject to hydrolysis) is 1. The lowest BCUT2D eigenvalue weighted by molar-refractivity contribution is -0.137. The maximum absolute atomic E-state index is 11.4. The van der Waals surface area contributed by atoms with Crippen LogP contribution in [0.1, 0.15) is 96.8 Å². The number of nitrogens with one attached hydrogen (secondary N) is 1. The molecule has 5 heteroatoms. The number of carbonyl (C=O) groups excluding carboxylic acids is 2. The smallest absolute Gasteiger partial charge is 0.407 e. The lowest BCUT2D eigenvalue weighted by Crippen LogP contribution is -2.28. The first-order valence-corrected chi connectivity index (χ1v) is 10.9. The molecule has 0 aromatic carbocycles. The Balaban J connectivity index is 3.16. The zero-order chi connectivity index (χ0) is 20.0. The summed E-state index contributed by atoms with van der Waals surface area (Å²) in [5.41, 5.74) is 0. The van der Waals surface area contributed by atoms with E-state index < -0.39 is 12.1 Å². The van der Waals surface area contributed by atoms with Crippen LogP contribution in [0.25, 0.3) is 0 Å². The molecule has 27 heavy (non-hydrogen) atoms. The Labute approximate surface area is 166 Å². The lowest BCUT2D eigenvalue weighted by Gasteiger charge is -2.07. The molecule has 0 aliphatic rings. The van der Waals surface area contributed by atoms with Crippen molar-refractivity contribution in [3.8, 4) is 0 Å². The number of rotatable bonds is 19. The van der Waals surface area contributed by atoms with Crippen LogP contribution < -0.4 is 5.32 Å². The van der Waals surface area contributed by atoms with Crippen LogP contribution in [0, 0.1) is 0 Å². The van der Waals surface area contributed by atoms with E-state index >= 15 is 0 Å². The minimum atomic E-state index is -0.493. The number of esters is 1. The van der Waals surface area contributed by atoms with E-state index in [0.29, 0.717) is 6.61 Å². The third-order valence-electron chi connectivity index (χ3n) is 4.51. The average molecular weight is 384 g/mol. The molecule has 158 valence electrons. The third kappa shape index (κ3) is 20.6. The molecule has 0 aromatic rings. The van der Waals surface area contributed by atoms with E-state index in [9.17, 15) is 9.59 Å². The van der Waals surface area contributed by atoms with Gasteiger partial charge in [-0.25, -0.2) is 9.59 Å². The molecule has 0 spiro atoms. The molecule has 0 aromatic heterocycles. The van der Waals surface area contributed by atoms with Gasteiger partial charge in [0, 0.05) is 6.08 Å². The molecule has 0 aliphatic carbocycles. The SMILES string of the molecule is C=CC(=O)OCCNC(=O)OCCCCCCCCCCCCCCCC. The summed E-state index contributed by atoms with van der Waals surface area (Å²) in [6.07, 6.45) is 18.9. The zero-order valence-electron chi connectivity index (χ0n) is 17.4. The summed E-state index contributed by atoms with van der Waals surface area (Å²) in [7, 11) is 0. The van der Waals surface area contributed by atoms with Crippen molar-refractivity contribution in [1.82, 2.24) is 5.32 Å². The lowest BCUT2D eigenvalue weighted by atomic mass is 10.0. The van der Waals surface area contributed by atoms with Crippen LogP contribution in [0.3, 0.4) is 0 Å². The van der Waals surface area contributed by atoms with Gasteiger partial charge in [-0.3, -0.25) is 0 Å². The van der Waals surface area contributed by atoms with Crippen LogP contribution in [0.5, 0.6) is 0 Å². The highest BCUT2D eigenvalue weighted by Gasteiger charge is 2.02. The summed E-state index contributed by atoms with van der Waals surface area (Å²) in [5.74, 6) is -0.493. The molecular formula is C22H41NO4. The second-order valence-electron chi connectivity index (χ2n) is 7.03. The molecule has 0 heterocycles. The van der Waals surface area contributed by atoms with E-state index in [1.165, 1.54) is 77.0 Å². The highest BCUT2D eigenvalue weighted by molar-refractivity contribution is 5.81. The van der Waals surface area contributed by atoms with Gasteiger partial charge < -0.3 is 14.8 Å². The molecule has 0 saturated heterocycles. The van der Waals surface area contributed by atoms with Gasteiger partial charge in [-0.15, -0.1) is 0 Å². The van der Waals surface area contributed by atoms with Crippen LogP contribution in [0.15, 0.2) is 12.7 Å². The predicted octanol–water partition coefficient (Wildman–Crippen LogP) is 5.92. The Hall–Kier alpha value is -1.52. The molecule has 0 aliphatic heterocycles. The second kappa shape index (κ2) is 20.8. The zero-order valence-corrected chi connectivity index (χ0v) is 17.4. The van der Waals surface area contributed by atoms with Crippen molar-refractivity contribution in [3.63, 3.8) is 0 Å². The largest absolute Gasteiger partial charge is 0.461 e. The van der Waals surface area contributed by atoms with Crippen molar-refractivity contribution in [3.05, 3.63) is 12.7 Å². The van der Waals surface area contributed by atoms with Crippen molar-refractivity contribution >= 4 is 12.1 Å². The molecule has 0 radical (unpaired) electrons. The summed E-state index contributed by atoms with van der Waals surface area (Å²) in [6, 6.07) is 0. The van der Waals surface area contributed by atoms with E-state index in [0.717, 1.165) is 18.9 Å². The number of hydrogen-bond acceptors (Lipinski definition) is 4. The van der Waals surface area contributed by atoms with Crippen molar-refractivity contribution in [2.75, 3.05) is 19.8 Å².